The Morgan fingerprint density at radius 1 is 1.21 bits per heavy atom. The average Bonchev–Trinajstić information content (AvgIpc) is 3.09. The molecule has 2 heterocycles. The molecule has 5 heteroatoms. The van der Waals surface area contributed by atoms with E-state index >= 15 is 0 Å². The molecule has 0 spiro atoms. The fraction of sp³-hybridized carbons (Fsp3) is 0.357. The van der Waals surface area contributed by atoms with E-state index in [1.165, 1.54) is 0 Å². The molecule has 1 saturated heterocycles. The number of carbonyl (C=O) groups is 1. The monoisotopic (exact) mass is 257 g/mol. The summed E-state index contributed by atoms with van der Waals surface area (Å²) in [5, 5.41) is 7.82. The zero-order valence-corrected chi connectivity index (χ0v) is 10.8. The van der Waals surface area contributed by atoms with Crippen LogP contribution in [0, 0.1) is 6.92 Å². The second-order valence-electron chi connectivity index (χ2n) is 4.67. The number of benzene rings is 1. The summed E-state index contributed by atoms with van der Waals surface area (Å²) in [4.78, 5) is 14.4. The molecule has 0 bridgehead atoms. The maximum absolute atomic E-state index is 12.5. The van der Waals surface area contributed by atoms with E-state index in [4.69, 9.17) is 4.42 Å². The van der Waals surface area contributed by atoms with Gasteiger partial charge in [-0.05, 0) is 25.0 Å². The Morgan fingerprint density at radius 2 is 1.95 bits per heavy atom. The zero-order chi connectivity index (χ0) is 13.2. The van der Waals surface area contributed by atoms with Crippen LogP contribution in [0.2, 0.25) is 0 Å². The van der Waals surface area contributed by atoms with Crippen molar-refractivity contribution >= 4 is 5.91 Å². The van der Waals surface area contributed by atoms with Gasteiger partial charge in [0.25, 0.3) is 5.91 Å². The number of rotatable bonds is 2. The van der Waals surface area contributed by atoms with Gasteiger partial charge in [0, 0.05) is 20.0 Å². The lowest BCUT2D eigenvalue weighted by Gasteiger charge is -2.16. The molecule has 5 nitrogen and oxygen atoms in total. The molecule has 1 amide bonds. The van der Waals surface area contributed by atoms with Crippen molar-refractivity contribution in [3.05, 3.63) is 35.7 Å². The van der Waals surface area contributed by atoms with Crippen LogP contribution in [-0.2, 0) is 0 Å². The van der Waals surface area contributed by atoms with E-state index in [2.05, 4.69) is 10.2 Å². The van der Waals surface area contributed by atoms with Gasteiger partial charge in [0.15, 0.2) is 0 Å². The van der Waals surface area contributed by atoms with Gasteiger partial charge in [-0.1, -0.05) is 12.1 Å². The number of aryl methyl sites for hydroxylation is 1. The number of likely N-dealkylation sites (tertiary alicyclic amines) is 1. The summed E-state index contributed by atoms with van der Waals surface area (Å²) in [6, 6.07) is 7.39. The summed E-state index contributed by atoms with van der Waals surface area (Å²) in [7, 11) is 0. The van der Waals surface area contributed by atoms with Crippen molar-refractivity contribution in [2.75, 3.05) is 13.1 Å². The number of carbonyl (C=O) groups excluding carboxylic acids is 1. The Kier molecular flexibility index (Phi) is 3.03. The number of hydrogen-bond donors (Lipinski definition) is 0. The first-order valence-electron chi connectivity index (χ1n) is 6.44. The van der Waals surface area contributed by atoms with Gasteiger partial charge in [-0.15, -0.1) is 10.2 Å². The van der Waals surface area contributed by atoms with Crippen LogP contribution in [0.25, 0.3) is 11.5 Å². The summed E-state index contributed by atoms with van der Waals surface area (Å²) < 4.78 is 5.43. The molecule has 98 valence electrons. The lowest BCUT2D eigenvalue weighted by molar-refractivity contribution is 0.0793. The van der Waals surface area contributed by atoms with Crippen molar-refractivity contribution in [3.63, 3.8) is 0 Å². The van der Waals surface area contributed by atoms with Crippen LogP contribution >= 0.6 is 0 Å². The summed E-state index contributed by atoms with van der Waals surface area (Å²) >= 11 is 0. The highest BCUT2D eigenvalue weighted by atomic mass is 16.4. The summed E-state index contributed by atoms with van der Waals surface area (Å²) in [6.07, 6.45) is 2.15. The van der Waals surface area contributed by atoms with Gasteiger partial charge < -0.3 is 9.32 Å². The fourth-order valence-corrected chi connectivity index (χ4v) is 2.35. The van der Waals surface area contributed by atoms with E-state index in [1.54, 1.807) is 6.92 Å². The average molecular weight is 257 g/mol. The first-order chi connectivity index (χ1) is 9.25. The topological polar surface area (TPSA) is 59.2 Å². The van der Waals surface area contributed by atoms with Crippen molar-refractivity contribution in [1.82, 2.24) is 15.1 Å². The number of amides is 1. The number of nitrogens with zero attached hydrogens (tertiary/aromatic N) is 3. The highest BCUT2D eigenvalue weighted by Crippen LogP contribution is 2.24. The highest BCUT2D eigenvalue weighted by molar-refractivity contribution is 6.00. The molecule has 2 aromatic rings. The van der Waals surface area contributed by atoms with Crippen molar-refractivity contribution in [3.8, 4) is 11.5 Å². The minimum absolute atomic E-state index is 0.0453. The third-order valence-electron chi connectivity index (χ3n) is 3.31. The Labute approximate surface area is 111 Å². The molecule has 19 heavy (non-hydrogen) atoms. The predicted octanol–water partition coefficient (Wildman–Crippen LogP) is 2.28. The quantitative estimate of drug-likeness (QED) is 0.828. The van der Waals surface area contributed by atoms with Crippen LogP contribution in [-0.4, -0.2) is 34.1 Å². The van der Waals surface area contributed by atoms with Gasteiger partial charge in [-0.3, -0.25) is 4.79 Å². The van der Waals surface area contributed by atoms with E-state index in [0.717, 1.165) is 25.9 Å². The lowest BCUT2D eigenvalue weighted by atomic mass is 10.1. The van der Waals surface area contributed by atoms with Crippen molar-refractivity contribution in [1.29, 1.82) is 0 Å². The maximum Gasteiger partial charge on any atom is 0.254 e. The molecular formula is C14H15N3O2. The molecule has 0 saturated carbocycles. The zero-order valence-electron chi connectivity index (χ0n) is 10.8. The Hall–Kier alpha value is -2.17. The third kappa shape index (κ3) is 2.23. The van der Waals surface area contributed by atoms with E-state index in [0.29, 0.717) is 22.9 Å². The third-order valence-corrected chi connectivity index (χ3v) is 3.31. The van der Waals surface area contributed by atoms with Crippen LogP contribution in [0.5, 0.6) is 0 Å². The van der Waals surface area contributed by atoms with Crippen molar-refractivity contribution in [2.24, 2.45) is 0 Å². The second-order valence-corrected chi connectivity index (χ2v) is 4.67. The molecule has 0 N–H and O–H groups in total. The number of aromatic nitrogens is 2. The SMILES string of the molecule is Cc1nnc(-c2ccccc2C(=O)N2CCCC2)o1. The van der Waals surface area contributed by atoms with Crippen LogP contribution in [0.4, 0.5) is 0 Å². The summed E-state index contributed by atoms with van der Waals surface area (Å²) in [5.74, 6) is 0.947. The van der Waals surface area contributed by atoms with E-state index in [1.807, 2.05) is 29.2 Å². The smallest absolute Gasteiger partial charge is 0.254 e. The van der Waals surface area contributed by atoms with Crippen molar-refractivity contribution < 1.29 is 9.21 Å². The minimum atomic E-state index is 0.0453. The maximum atomic E-state index is 12.5. The first kappa shape index (κ1) is 11.9. The second kappa shape index (κ2) is 4.84. The van der Waals surface area contributed by atoms with Gasteiger partial charge in [0.1, 0.15) is 0 Å². The molecule has 1 aliphatic heterocycles. The summed E-state index contributed by atoms with van der Waals surface area (Å²) in [5.41, 5.74) is 1.34. The molecule has 0 aliphatic carbocycles. The minimum Gasteiger partial charge on any atom is -0.421 e. The van der Waals surface area contributed by atoms with Crippen LogP contribution < -0.4 is 0 Å². The van der Waals surface area contributed by atoms with E-state index in [9.17, 15) is 4.79 Å². The van der Waals surface area contributed by atoms with Crippen LogP contribution in [0.1, 0.15) is 29.1 Å². The molecule has 1 aromatic carbocycles. The van der Waals surface area contributed by atoms with E-state index < -0.39 is 0 Å². The van der Waals surface area contributed by atoms with Gasteiger partial charge in [-0.2, -0.15) is 0 Å². The predicted molar refractivity (Wildman–Crippen MR) is 69.6 cm³/mol. The first-order valence-corrected chi connectivity index (χ1v) is 6.44. The standard InChI is InChI=1S/C14H15N3O2/c1-10-15-16-13(19-10)11-6-2-3-7-12(11)14(18)17-8-4-5-9-17/h2-3,6-7H,4-5,8-9H2,1H3. The van der Waals surface area contributed by atoms with Crippen LogP contribution in [0.3, 0.4) is 0 Å². The highest BCUT2D eigenvalue weighted by Gasteiger charge is 2.23. The Morgan fingerprint density at radius 3 is 2.63 bits per heavy atom. The largest absolute Gasteiger partial charge is 0.421 e. The summed E-state index contributed by atoms with van der Waals surface area (Å²) in [6.45, 7) is 3.40. The number of hydrogen-bond acceptors (Lipinski definition) is 4. The molecule has 0 radical (unpaired) electrons. The molecule has 1 aliphatic rings. The Bertz CT molecular complexity index is 600. The lowest BCUT2D eigenvalue weighted by Crippen LogP contribution is -2.28. The Balaban J connectivity index is 1.99. The van der Waals surface area contributed by atoms with Gasteiger partial charge in [0.05, 0.1) is 11.1 Å². The molecule has 3 rings (SSSR count). The molecule has 1 fully saturated rings. The van der Waals surface area contributed by atoms with E-state index in [-0.39, 0.29) is 5.91 Å². The van der Waals surface area contributed by atoms with Crippen LogP contribution in [0.15, 0.2) is 28.7 Å². The van der Waals surface area contributed by atoms with Gasteiger partial charge in [0.2, 0.25) is 11.8 Å². The molecule has 1 aromatic heterocycles. The van der Waals surface area contributed by atoms with Gasteiger partial charge >= 0.3 is 0 Å². The van der Waals surface area contributed by atoms with Gasteiger partial charge in [-0.25, -0.2) is 0 Å². The normalized spacial score (nSPS) is 14.9. The molecule has 0 unspecified atom stereocenters. The van der Waals surface area contributed by atoms with Crippen molar-refractivity contribution in [2.45, 2.75) is 19.8 Å². The molecule has 0 atom stereocenters. The molecular weight excluding hydrogens is 242 g/mol. The fourth-order valence-electron chi connectivity index (χ4n) is 2.35.